The molecular weight excluding hydrogens is 478 g/mol. The molecular formula is C25H29F4N5O2. The highest BCUT2D eigenvalue weighted by molar-refractivity contribution is 5.69. The fourth-order valence-corrected chi connectivity index (χ4v) is 5.60. The van der Waals surface area contributed by atoms with Gasteiger partial charge in [-0.3, -0.25) is 4.90 Å². The Morgan fingerprint density at radius 3 is 2.31 bits per heavy atom. The molecule has 2 atom stereocenters. The van der Waals surface area contributed by atoms with E-state index in [1.54, 1.807) is 17.0 Å². The van der Waals surface area contributed by atoms with Gasteiger partial charge in [0, 0.05) is 62.6 Å². The van der Waals surface area contributed by atoms with Crippen LogP contribution in [0.4, 0.5) is 28.3 Å². The van der Waals surface area contributed by atoms with E-state index in [2.05, 4.69) is 14.9 Å². The maximum Gasteiger partial charge on any atom is 0.419 e. The Labute approximate surface area is 207 Å². The van der Waals surface area contributed by atoms with Crippen LogP contribution in [0.2, 0.25) is 0 Å². The highest BCUT2D eigenvalue weighted by Crippen LogP contribution is 2.50. The number of carbonyl (C=O) groups excluding carboxylic acids is 1. The lowest BCUT2D eigenvalue weighted by Gasteiger charge is -2.58. The summed E-state index contributed by atoms with van der Waals surface area (Å²) in [6, 6.07) is 6.17. The maximum absolute atomic E-state index is 13.1. The quantitative estimate of drug-likeness (QED) is 0.574. The Bertz CT molecular complexity index is 1080. The van der Waals surface area contributed by atoms with Crippen LogP contribution in [0.5, 0.6) is 0 Å². The number of likely N-dealkylation sites (tertiary alicyclic amines) is 1. The summed E-state index contributed by atoms with van der Waals surface area (Å²) in [5.74, 6) is -0.0213. The lowest BCUT2D eigenvalue weighted by atomic mass is 9.61. The van der Waals surface area contributed by atoms with Crippen molar-refractivity contribution in [2.75, 3.05) is 31.1 Å². The lowest BCUT2D eigenvalue weighted by molar-refractivity contribution is -0.138. The van der Waals surface area contributed by atoms with Gasteiger partial charge < -0.3 is 14.5 Å². The normalized spacial score (nSPS) is 24.4. The van der Waals surface area contributed by atoms with Gasteiger partial charge in [-0.25, -0.2) is 19.2 Å². The average molecular weight is 508 g/mol. The summed E-state index contributed by atoms with van der Waals surface area (Å²) in [6.07, 6.45) is -1.71. The molecule has 7 nitrogen and oxygen atoms in total. The van der Waals surface area contributed by atoms with Gasteiger partial charge in [-0.05, 0) is 44.4 Å². The SMILES string of the molecule is C[C@@H]1CN(c2ncc(C(F)(F)F)cn2)[C@@H](C)CN1C(=O)OC1CC2(C1)CN(Cc1ccc(F)cc1)C2. The molecule has 1 amide bonds. The largest absolute Gasteiger partial charge is 0.446 e. The number of amides is 1. The number of rotatable bonds is 4. The summed E-state index contributed by atoms with van der Waals surface area (Å²) in [6.45, 7) is 7.20. The number of anilines is 1. The van der Waals surface area contributed by atoms with Crippen LogP contribution in [0.15, 0.2) is 36.7 Å². The lowest BCUT2D eigenvalue weighted by Crippen LogP contribution is -2.64. The topological polar surface area (TPSA) is 61.8 Å². The first-order valence-corrected chi connectivity index (χ1v) is 12.1. The fraction of sp³-hybridized carbons (Fsp3) is 0.560. The van der Waals surface area contributed by atoms with E-state index in [0.29, 0.717) is 13.1 Å². The molecule has 2 aromatic rings. The van der Waals surface area contributed by atoms with Crippen molar-refractivity contribution < 1.29 is 27.1 Å². The molecule has 3 fully saturated rings. The van der Waals surface area contributed by atoms with Crippen molar-refractivity contribution in [2.24, 2.45) is 5.41 Å². The van der Waals surface area contributed by atoms with Crippen molar-refractivity contribution in [1.29, 1.82) is 0 Å². The second-order valence-corrected chi connectivity index (χ2v) is 10.5. The van der Waals surface area contributed by atoms with E-state index in [-0.39, 0.29) is 41.5 Å². The van der Waals surface area contributed by atoms with Crippen LogP contribution in [0.1, 0.15) is 37.8 Å². The molecule has 3 heterocycles. The predicted octanol–water partition coefficient (Wildman–Crippen LogP) is 4.33. The van der Waals surface area contributed by atoms with Gasteiger partial charge >= 0.3 is 12.3 Å². The first kappa shape index (κ1) is 24.7. The summed E-state index contributed by atoms with van der Waals surface area (Å²) in [5.41, 5.74) is 0.387. The zero-order chi connectivity index (χ0) is 25.7. The molecule has 2 saturated heterocycles. The predicted molar refractivity (Wildman–Crippen MR) is 124 cm³/mol. The number of carbonyl (C=O) groups is 1. The van der Waals surface area contributed by atoms with Crippen molar-refractivity contribution in [3.63, 3.8) is 0 Å². The van der Waals surface area contributed by atoms with Gasteiger partial charge in [-0.15, -0.1) is 0 Å². The molecule has 1 aromatic carbocycles. The molecule has 1 spiro atoms. The second kappa shape index (κ2) is 9.17. The van der Waals surface area contributed by atoms with Crippen LogP contribution in [0.3, 0.4) is 0 Å². The smallest absolute Gasteiger partial charge is 0.419 e. The summed E-state index contributed by atoms with van der Waals surface area (Å²) in [4.78, 5) is 26.5. The van der Waals surface area contributed by atoms with Crippen molar-refractivity contribution in [3.05, 3.63) is 53.6 Å². The molecule has 0 radical (unpaired) electrons. The van der Waals surface area contributed by atoms with Crippen LogP contribution >= 0.6 is 0 Å². The van der Waals surface area contributed by atoms with Gasteiger partial charge in [0.05, 0.1) is 5.56 Å². The Morgan fingerprint density at radius 1 is 1.06 bits per heavy atom. The monoisotopic (exact) mass is 507 g/mol. The van der Waals surface area contributed by atoms with E-state index in [1.807, 2.05) is 18.7 Å². The zero-order valence-corrected chi connectivity index (χ0v) is 20.2. The Balaban J connectivity index is 1.08. The van der Waals surface area contributed by atoms with Crippen molar-refractivity contribution in [2.45, 2.75) is 57.6 Å². The number of ether oxygens (including phenoxy) is 1. The Kier molecular flexibility index (Phi) is 6.30. The molecule has 5 rings (SSSR count). The standard InChI is InChI=1S/C25H29F4N5O2/c1-16-12-34(17(2)11-33(16)22-30-9-19(10-31-22)25(27,28)29)23(35)36-21-7-24(8-21)14-32(15-24)13-18-3-5-20(26)6-4-18/h3-6,9-10,16-17,21H,7-8,11-15H2,1-2H3/t16-,17+/m0/s1. The number of benzene rings is 1. The molecule has 0 N–H and O–H groups in total. The van der Waals surface area contributed by atoms with Crippen LogP contribution in [0.25, 0.3) is 0 Å². The van der Waals surface area contributed by atoms with Gasteiger partial charge in [0.15, 0.2) is 0 Å². The molecule has 11 heteroatoms. The summed E-state index contributed by atoms with van der Waals surface area (Å²) in [5, 5.41) is 0. The van der Waals surface area contributed by atoms with E-state index in [4.69, 9.17) is 4.74 Å². The van der Waals surface area contributed by atoms with E-state index in [9.17, 15) is 22.4 Å². The van der Waals surface area contributed by atoms with Gasteiger partial charge in [0.2, 0.25) is 5.95 Å². The van der Waals surface area contributed by atoms with E-state index >= 15 is 0 Å². The van der Waals surface area contributed by atoms with Gasteiger partial charge in [0.25, 0.3) is 0 Å². The number of halogens is 4. The number of alkyl halides is 3. The Morgan fingerprint density at radius 2 is 1.69 bits per heavy atom. The van der Waals surface area contributed by atoms with Crippen molar-refractivity contribution >= 4 is 12.0 Å². The van der Waals surface area contributed by atoms with Gasteiger partial charge in [0.1, 0.15) is 11.9 Å². The molecule has 1 aromatic heterocycles. The van der Waals surface area contributed by atoms with E-state index in [0.717, 1.165) is 50.4 Å². The molecule has 0 unspecified atom stereocenters. The number of piperazine rings is 1. The molecule has 3 aliphatic rings. The maximum atomic E-state index is 13.1. The summed E-state index contributed by atoms with van der Waals surface area (Å²) in [7, 11) is 0. The minimum atomic E-state index is -4.49. The third-order valence-electron chi connectivity index (χ3n) is 7.47. The van der Waals surface area contributed by atoms with Crippen molar-refractivity contribution in [3.8, 4) is 0 Å². The molecule has 1 saturated carbocycles. The first-order chi connectivity index (χ1) is 17.0. The molecule has 1 aliphatic carbocycles. The first-order valence-electron chi connectivity index (χ1n) is 12.1. The number of hydrogen-bond donors (Lipinski definition) is 0. The minimum absolute atomic E-state index is 0.107. The van der Waals surface area contributed by atoms with Crippen LogP contribution < -0.4 is 4.90 Å². The van der Waals surface area contributed by atoms with Gasteiger partial charge in [-0.2, -0.15) is 13.2 Å². The molecule has 0 bridgehead atoms. The fourth-order valence-electron chi connectivity index (χ4n) is 5.60. The second-order valence-electron chi connectivity index (χ2n) is 10.5. The minimum Gasteiger partial charge on any atom is -0.446 e. The highest BCUT2D eigenvalue weighted by Gasteiger charge is 2.54. The summed E-state index contributed by atoms with van der Waals surface area (Å²) < 4.78 is 57.3. The van der Waals surface area contributed by atoms with Crippen molar-refractivity contribution in [1.82, 2.24) is 19.8 Å². The third-order valence-corrected chi connectivity index (χ3v) is 7.47. The Hall–Kier alpha value is -2.95. The molecule has 2 aliphatic heterocycles. The molecule has 36 heavy (non-hydrogen) atoms. The van der Waals surface area contributed by atoms with Crippen LogP contribution in [-0.2, 0) is 17.5 Å². The zero-order valence-electron chi connectivity index (χ0n) is 20.2. The number of nitrogens with zero attached hydrogens (tertiary/aromatic N) is 5. The third kappa shape index (κ3) is 4.98. The van der Waals surface area contributed by atoms with E-state index in [1.165, 1.54) is 12.1 Å². The number of aromatic nitrogens is 2. The van der Waals surface area contributed by atoms with Crippen LogP contribution in [0, 0.1) is 11.2 Å². The van der Waals surface area contributed by atoms with E-state index < -0.39 is 11.7 Å². The molecule has 194 valence electrons. The van der Waals surface area contributed by atoms with Gasteiger partial charge in [-0.1, -0.05) is 12.1 Å². The highest BCUT2D eigenvalue weighted by atomic mass is 19.4. The average Bonchev–Trinajstić information content (AvgIpc) is 2.78. The van der Waals surface area contributed by atoms with Crippen LogP contribution in [-0.4, -0.2) is 70.2 Å². The number of hydrogen-bond acceptors (Lipinski definition) is 6. The summed E-state index contributed by atoms with van der Waals surface area (Å²) >= 11 is 0.